The number of phenolic OH excluding ortho intramolecular Hbond substituents is 2. The fourth-order valence-corrected chi connectivity index (χ4v) is 10.8. The van der Waals surface area contributed by atoms with Crippen LogP contribution in [0.2, 0.25) is 5.02 Å². The van der Waals surface area contributed by atoms with E-state index in [1.807, 2.05) is 0 Å². The van der Waals surface area contributed by atoms with E-state index in [1.54, 1.807) is 24.3 Å². The monoisotopic (exact) mass is 1170 g/mol. The standard InChI is InChI=1S/C54H67ClN12O12S2/c1-28(68)45-53(79)66-43(52(78)63-40(47(58)73)23-32-10-18-37(70)19-11-32)27-81-80-26-42(65-49(75)38(56)22-30-6-14-35(55)15-7-30)44(71)25-34(21-29-8-16-36(69)17-9-29)48(74)64-41(24-31-4-12-33(13-5-31)46(57)72)51(77)62-39(50(76)67-45)3-2-20-61-54(59)60/h4-19,28,34,38-43,45,68-70H,2-3,20-27,56H2,1H3,(H2,57,72)(H2,58,73)(H,62,77)(H,63,78)(H,64,74)(H,65,75)(H,66,79)(H,67,76)(H4,59,60,61)/t28-,34-,38+,39+,40?,41-,42-,43+,45+/m1/s1. The first kappa shape index (κ1) is 63.9. The van der Waals surface area contributed by atoms with Crippen molar-refractivity contribution >= 4 is 92.2 Å². The Hall–Kier alpha value is -7.91. The summed E-state index contributed by atoms with van der Waals surface area (Å²) >= 11 is 6.07. The number of nitrogens with one attached hydrogen (secondary N) is 6. The highest BCUT2D eigenvalue weighted by atomic mass is 35.5. The molecule has 4 aromatic carbocycles. The molecule has 0 saturated carbocycles. The number of guanidine groups is 1. The number of amides is 8. The molecule has 1 heterocycles. The van der Waals surface area contributed by atoms with Crippen LogP contribution in [-0.4, -0.2) is 141 Å². The average Bonchev–Trinajstić information content (AvgIpc) is 3.47. The first-order valence-corrected chi connectivity index (χ1v) is 28.4. The summed E-state index contributed by atoms with van der Waals surface area (Å²) in [6.45, 7) is 1.16. The lowest BCUT2D eigenvalue weighted by Crippen LogP contribution is -2.62. The van der Waals surface area contributed by atoms with Gasteiger partial charge in [0.2, 0.25) is 47.3 Å². The van der Waals surface area contributed by atoms with E-state index >= 15 is 0 Å². The molecule has 19 N–H and O–H groups in total. The van der Waals surface area contributed by atoms with Crippen LogP contribution in [0.1, 0.15) is 58.8 Å². The maximum atomic E-state index is 14.8. The zero-order chi connectivity index (χ0) is 59.3. The van der Waals surface area contributed by atoms with E-state index in [9.17, 15) is 58.5 Å². The lowest BCUT2D eigenvalue weighted by atomic mass is 9.90. The summed E-state index contributed by atoms with van der Waals surface area (Å²) in [5.41, 5.74) is 30.9. The number of carbonyl (C=O) groups is 9. The van der Waals surface area contributed by atoms with Gasteiger partial charge in [0.1, 0.15) is 41.7 Å². The number of halogens is 1. The van der Waals surface area contributed by atoms with Gasteiger partial charge in [-0.25, -0.2) is 0 Å². The number of aliphatic hydroxyl groups excluding tert-OH is 1. The Kier molecular flexibility index (Phi) is 24.6. The van der Waals surface area contributed by atoms with E-state index in [4.69, 9.17) is 40.3 Å². The van der Waals surface area contributed by atoms with E-state index < -0.39 is 114 Å². The minimum atomic E-state index is -1.80. The Morgan fingerprint density at radius 2 is 1.23 bits per heavy atom. The number of aliphatic hydroxyl groups is 1. The van der Waals surface area contributed by atoms with Crippen LogP contribution in [0, 0.1) is 5.92 Å². The van der Waals surface area contributed by atoms with Crippen molar-refractivity contribution in [1.29, 1.82) is 0 Å². The number of rotatable bonds is 19. The summed E-state index contributed by atoms with van der Waals surface area (Å²) in [5.74, 6) is -10.1. The molecular formula is C54H67ClN12O12S2. The van der Waals surface area contributed by atoms with Crippen LogP contribution in [0.4, 0.5) is 0 Å². The van der Waals surface area contributed by atoms with Gasteiger partial charge in [-0.1, -0.05) is 81.7 Å². The van der Waals surface area contributed by atoms with Gasteiger partial charge in [0.05, 0.1) is 18.2 Å². The van der Waals surface area contributed by atoms with Gasteiger partial charge >= 0.3 is 0 Å². The third-order valence-electron chi connectivity index (χ3n) is 12.8. The van der Waals surface area contributed by atoms with Crippen LogP contribution in [0.3, 0.4) is 0 Å². The number of ketones is 1. The quantitative estimate of drug-likeness (QED) is 0.0238. The van der Waals surface area contributed by atoms with Crippen molar-refractivity contribution in [2.75, 3.05) is 18.1 Å². The number of hydrogen-bond donors (Lipinski definition) is 14. The number of benzene rings is 4. The second kappa shape index (κ2) is 31.2. The van der Waals surface area contributed by atoms with E-state index in [0.717, 1.165) is 21.6 Å². The predicted molar refractivity (Wildman–Crippen MR) is 306 cm³/mol. The first-order valence-electron chi connectivity index (χ1n) is 25.5. The second-order valence-corrected chi connectivity index (χ2v) is 22.3. The van der Waals surface area contributed by atoms with Crippen LogP contribution in [0.15, 0.2) is 102 Å². The summed E-state index contributed by atoms with van der Waals surface area (Å²) in [5, 5.41) is 47.1. The van der Waals surface area contributed by atoms with Crippen molar-refractivity contribution < 1.29 is 58.5 Å². The third-order valence-corrected chi connectivity index (χ3v) is 15.5. The minimum Gasteiger partial charge on any atom is -0.508 e. The molecule has 81 heavy (non-hydrogen) atoms. The molecule has 0 bridgehead atoms. The Balaban J connectivity index is 1.59. The van der Waals surface area contributed by atoms with Gasteiger partial charge in [-0.2, -0.15) is 0 Å². The summed E-state index contributed by atoms with van der Waals surface area (Å²) in [6.07, 6.45) is -2.81. The molecule has 1 aliphatic heterocycles. The Morgan fingerprint density at radius 3 is 1.83 bits per heavy atom. The van der Waals surface area contributed by atoms with E-state index in [0.29, 0.717) is 27.3 Å². The fourth-order valence-electron chi connectivity index (χ4n) is 8.30. The molecular weight excluding hydrogens is 1110 g/mol. The normalized spacial score (nSPS) is 20.8. The largest absolute Gasteiger partial charge is 0.508 e. The van der Waals surface area contributed by atoms with E-state index in [1.165, 1.54) is 79.7 Å². The van der Waals surface area contributed by atoms with Crippen molar-refractivity contribution in [2.45, 2.75) is 100 Å². The third kappa shape index (κ3) is 20.9. The van der Waals surface area contributed by atoms with Crippen LogP contribution in [0.25, 0.3) is 0 Å². The van der Waals surface area contributed by atoms with Gasteiger partial charge in [-0.3, -0.25) is 48.1 Å². The summed E-state index contributed by atoms with van der Waals surface area (Å²) in [7, 11) is 1.94. The highest BCUT2D eigenvalue weighted by Crippen LogP contribution is 2.26. The Labute approximate surface area is 479 Å². The highest BCUT2D eigenvalue weighted by molar-refractivity contribution is 8.76. The lowest BCUT2D eigenvalue weighted by Gasteiger charge is -2.29. The molecule has 1 fully saturated rings. The van der Waals surface area contributed by atoms with Gasteiger partial charge in [-0.05, 0) is 103 Å². The number of primary amides is 2. The molecule has 1 saturated heterocycles. The van der Waals surface area contributed by atoms with Crippen molar-refractivity contribution in [3.05, 3.63) is 130 Å². The number of aromatic hydroxyl groups is 2. The van der Waals surface area contributed by atoms with Crippen LogP contribution in [-0.2, 0) is 64.0 Å². The van der Waals surface area contributed by atoms with E-state index in [-0.39, 0.29) is 79.6 Å². The van der Waals surface area contributed by atoms with Crippen molar-refractivity contribution in [1.82, 2.24) is 31.9 Å². The van der Waals surface area contributed by atoms with Gasteiger partial charge in [-0.15, -0.1) is 0 Å². The van der Waals surface area contributed by atoms with Crippen molar-refractivity contribution in [3.8, 4) is 11.5 Å². The number of Topliss-reactive ketones (excluding diaryl/α,β-unsaturated/α-hetero) is 1. The number of carbonyl (C=O) groups excluding carboxylic acids is 9. The number of aliphatic imine (C=N–C) groups is 1. The molecule has 9 atom stereocenters. The molecule has 1 aliphatic rings. The minimum absolute atomic E-state index is 0.0249. The smallest absolute Gasteiger partial charge is 0.248 e. The summed E-state index contributed by atoms with van der Waals surface area (Å²) in [4.78, 5) is 130. The SMILES string of the molecule is C[C@@H](O)[C@@H]1NC(=O)[C@H](CCCN=C(N)N)NC(=O)[C@@H](Cc2ccc(C(N)=O)cc2)NC(=O)[C@H](Cc2ccc(O)cc2)CC(=O)[C@H](NC(=O)[C@@H](N)Cc2ccc(Cl)cc2)CSSC[C@@H](C(=O)NC(Cc2ccc(O)cc2)C(N)=O)NC1=O. The summed E-state index contributed by atoms with van der Waals surface area (Å²) < 4.78 is 0. The van der Waals surface area contributed by atoms with Gasteiger partial charge in [0.15, 0.2) is 11.7 Å². The zero-order valence-electron chi connectivity index (χ0n) is 44.0. The molecule has 1 unspecified atom stereocenters. The molecule has 0 spiro atoms. The number of nitrogens with two attached hydrogens (primary N) is 5. The fraction of sp³-hybridized carbons (Fsp3) is 0.370. The highest BCUT2D eigenvalue weighted by Gasteiger charge is 2.37. The molecule has 0 aliphatic carbocycles. The maximum absolute atomic E-state index is 14.8. The molecule has 434 valence electrons. The summed E-state index contributed by atoms with van der Waals surface area (Å²) in [6, 6.07) is 13.7. The molecule has 24 nitrogen and oxygen atoms in total. The maximum Gasteiger partial charge on any atom is 0.248 e. The van der Waals surface area contributed by atoms with E-state index in [2.05, 4.69) is 36.9 Å². The Morgan fingerprint density at radius 1 is 0.691 bits per heavy atom. The van der Waals surface area contributed by atoms with Gasteiger partial charge < -0.3 is 75.9 Å². The zero-order valence-corrected chi connectivity index (χ0v) is 46.4. The molecule has 4 aromatic rings. The van der Waals surface area contributed by atoms with Gasteiger partial charge in [0.25, 0.3) is 0 Å². The molecule has 5 rings (SSSR count). The first-order chi connectivity index (χ1) is 38.4. The molecule has 27 heteroatoms. The topological polar surface area (TPSA) is 429 Å². The number of hydrogen-bond acceptors (Lipinski definition) is 16. The molecule has 8 amide bonds. The van der Waals surface area contributed by atoms with Crippen molar-refractivity contribution in [2.24, 2.45) is 39.6 Å². The van der Waals surface area contributed by atoms with Crippen LogP contribution < -0.4 is 60.6 Å². The Bertz CT molecular complexity index is 2880. The van der Waals surface area contributed by atoms with Gasteiger partial charge in [0, 0.05) is 53.8 Å². The molecule has 0 radical (unpaired) electrons. The number of phenols is 2. The van der Waals surface area contributed by atoms with Crippen molar-refractivity contribution in [3.63, 3.8) is 0 Å². The average molecular weight is 1180 g/mol. The number of nitrogens with zero attached hydrogens (tertiary/aromatic N) is 1. The predicted octanol–water partition coefficient (Wildman–Crippen LogP) is -0.753. The molecule has 0 aromatic heterocycles. The second-order valence-electron chi connectivity index (χ2n) is 19.3. The van der Waals surface area contributed by atoms with Crippen LogP contribution in [0.5, 0.6) is 11.5 Å². The van der Waals surface area contributed by atoms with Crippen LogP contribution >= 0.6 is 33.2 Å². The lowest BCUT2D eigenvalue weighted by molar-refractivity contribution is -0.137.